The van der Waals surface area contributed by atoms with E-state index in [-0.39, 0.29) is 12.5 Å². The minimum Gasteiger partial charge on any atom is -0.449 e. The molecule has 2 aromatic carbocycles. The smallest absolute Gasteiger partial charge is 0.407 e. The van der Waals surface area contributed by atoms with Crippen LogP contribution in [-0.4, -0.2) is 82.8 Å². The van der Waals surface area contributed by atoms with Crippen molar-refractivity contribution in [2.24, 2.45) is 0 Å². The lowest BCUT2D eigenvalue weighted by Gasteiger charge is -2.40. The summed E-state index contributed by atoms with van der Waals surface area (Å²) in [5.41, 5.74) is 4.32. The molecule has 1 aliphatic heterocycles. The van der Waals surface area contributed by atoms with Crippen LogP contribution in [0.25, 0.3) is 11.1 Å². The summed E-state index contributed by atoms with van der Waals surface area (Å²) in [6.07, 6.45) is -8.06. The van der Waals surface area contributed by atoms with Crippen molar-refractivity contribution < 1.29 is 39.5 Å². The van der Waals surface area contributed by atoms with E-state index in [0.717, 1.165) is 22.3 Å². The number of amides is 2. The first kappa shape index (κ1) is 23.1. The highest BCUT2D eigenvalue weighted by atomic mass is 16.6. The average molecular weight is 458 g/mol. The van der Waals surface area contributed by atoms with E-state index in [1.54, 1.807) is 0 Å². The monoisotopic (exact) mass is 458 g/mol. The molecule has 1 aliphatic carbocycles. The third-order valence-electron chi connectivity index (χ3n) is 5.93. The molecule has 0 radical (unpaired) electrons. The average Bonchev–Trinajstić information content (AvgIpc) is 3.15. The fourth-order valence-electron chi connectivity index (χ4n) is 4.23. The second-order valence-electron chi connectivity index (χ2n) is 8.00. The fourth-order valence-corrected chi connectivity index (χ4v) is 4.23. The first-order valence-corrected chi connectivity index (χ1v) is 10.6. The van der Waals surface area contributed by atoms with Gasteiger partial charge in [0.2, 0.25) is 5.91 Å². The Kier molecular flexibility index (Phi) is 6.91. The SMILES string of the molecule is O=C(CNC(=O)OCC1c2ccccc2-c2ccccc21)N[C@@H]1OC(CO)[C@H](O)[C@H](O)C1O. The standard InChI is InChI=1S/C23H26N2O8/c26-10-17-19(28)20(29)21(30)22(33-17)25-18(27)9-24-23(31)32-11-16-14-7-3-1-5-12(14)13-6-2-4-8-15(13)16/h1-8,16-17,19-22,26,28-30H,9-11H2,(H,24,31)(H,25,27)/t17?,19-,20-,21?,22+/m0/s1. The molecule has 1 fully saturated rings. The predicted octanol–water partition coefficient (Wildman–Crippen LogP) is -0.559. The van der Waals surface area contributed by atoms with Crippen LogP contribution in [0.3, 0.4) is 0 Å². The first-order valence-electron chi connectivity index (χ1n) is 10.6. The molecule has 4 rings (SSSR count). The van der Waals surface area contributed by atoms with Gasteiger partial charge in [0.25, 0.3) is 0 Å². The van der Waals surface area contributed by atoms with Crippen LogP contribution < -0.4 is 10.6 Å². The van der Waals surface area contributed by atoms with Gasteiger partial charge in [-0.1, -0.05) is 48.5 Å². The number of hydrogen-bond donors (Lipinski definition) is 6. The van der Waals surface area contributed by atoms with Crippen molar-refractivity contribution >= 4 is 12.0 Å². The van der Waals surface area contributed by atoms with Gasteiger partial charge >= 0.3 is 6.09 Å². The molecule has 2 amide bonds. The predicted molar refractivity (Wildman–Crippen MR) is 115 cm³/mol. The molecule has 2 aliphatic rings. The van der Waals surface area contributed by atoms with Crippen LogP contribution >= 0.6 is 0 Å². The zero-order chi connectivity index (χ0) is 23.5. The maximum atomic E-state index is 12.2. The van der Waals surface area contributed by atoms with Gasteiger partial charge in [0, 0.05) is 5.92 Å². The molecule has 10 heteroatoms. The summed E-state index contributed by atoms with van der Waals surface area (Å²) < 4.78 is 10.6. The van der Waals surface area contributed by atoms with Crippen molar-refractivity contribution in [1.29, 1.82) is 0 Å². The van der Waals surface area contributed by atoms with Gasteiger partial charge in [0.15, 0.2) is 6.23 Å². The van der Waals surface area contributed by atoms with Crippen LogP contribution in [0.4, 0.5) is 4.79 Å². The number of benzene rings is 2. The molecule has 33 heavy (non-hydrogen) atoms. The molecule has 5 atom stereocenters. The van der Waals surface area contributed by atoms with Crippen molar-refractivity contribution in [2.45, 2.75) is 36.6 Å². The molecular formula is C23H26N2O8. The number of carbonyl (C=O) groups excluding carboxylic acids is 2. The summed E-state index contributed by atoms with van der Waals surface area (Å²) >= 11 is 0. The quantitative estimate of drug-likeness (QED) is 0.336. The molecule has 2 unspecified atom stereocenters. The lowest BCUT2D eigenvalue weighted by Crippen LogP contribution is -2.63. The molecule has 6 N–H and O–H groups in total. The summed E-state index contributed by atoms with van der Waals surface area (Å²) in [5.74, 6) is -0.834. The van der Waals surface area contributed by atoms with Crippen LogP contribution in [-0.2, 0) is 14.3 Å². The number of hydrogen-bond acceptors (Lipinski definition) is 8. The molecule has 10 nitrogen and oxygen atoms in total. The number of ether oxygens (including phenoxy) is 2. The Bertz CT molecular complexity index is 968. The van der Waals surface area contributed by atoms with Gasteiger partial charge in [-0.05, 0) is 22.3 Å². The van der Waals surface area contributed by atoms with E-state index in [2.05, 4.69) is 10.6 Å². The van der Waals surface area contributed by atoms with Crippen LogP contribution in [0.15, 0.2) is 48.5 Å². The molecular weight excluding hydrogens is 432 g/mol. The maximum Gasteiger partial charge on any atom is 0.407 e. The summed E-state index contributed by atoms with van der Waals surface area (Å²) in [6.45, 7) is -0.991. The molecule has 0 aromatic heterocycles. The normalized spacial score (nSPS) is 26.2. The zero-order valence-electron chi connectivity index (χ0n) is 17.6. The van der Waals surface area contributed by atoms with E-state index in [9.17, 15) is 30.0 Å². The second-order valence-corrected chi connectivity index (χ2v) is 8.00. The number of aliphatic hydroxyl groups is 4. The van der Waals surface area contributed by atoms with E-state index in [1.807, 2.05) is 48.5 Å². The third-order valence-corrected chi connectivity index (χ3v) is 5.93. The van der Waals surface area contributed by atoms with Gasteiger partial charge in [-0.15, -0.1) is 0 Å². The Morgan fingerprint density at radius 3 is 2.12 bits per heavy atom. The van der Waals surface area contributed by atoms with Gasteiger partial charge in [-0.3, -0.25) is 4.79 Å². The largest absolute Gasteiger partial charge is 0.449 e. The van der Waals surface area contributed by atoms with Crippen molar-refractivity contribution in [2.75, 3.05) is 19.8 Å². The molecule has 0 bridgehead atoms. The topological polar surface area (TPSA) is 158 Å². The van der Waals surface area contributed by atoms with E-state index in [1.165, 1.54) is 0 Å². The lowest BCUT2D eigenvalue weighted by molar-refractivity contribution is -0.235. The molecule has 2 aromatic rings. The lowest BCUT2D eigenvalue weighted by atomic mass is 9.98. The number of rotatable bonds is 6. The Morgan fingerprint density at radius 2 is 1.52 bits per heavy atom. The van der Waals surface area contributed by atoms with Crippen molar-refractivity contribution in [3.8, 4) is 11.1 Å². The molecule has 1 heterocycles. The van der Waals surface area contributed by atoms with Crippen LogP contribution in [0.1, 0.15) is 17.0 Å². The highest BCUT2D eigenvalue weighted by Gasteiger charge is 2.44. The maximum absolute atomic E-state index is 12.2. The van der Waals surface area contributed by atoms with Crippen LogP contribution in [0, 0.1) is 0 Å². The fraction of sp³-hybridized carbons (Fsp3) is 0.391. The molecule has 0 saturated carbocycles. The Hall–Kier alpha value is -3.02. The summed E-state index contributed by atoms with van der Waals surface area (Å²) in [7, 11) is 0. The van der Waals surface area contributed by atoms with Crippen LogP contribution in [0.2, 0.25) is 0 Å². The van der Waals surface area contributed by atoms with Gasteiger partial charge in [-0.2, -0.15) is 0 Å². The molecule has 1 saturated heterocycles. The second kappa shape index (κ2) is 9.86. The van der Waals surface area contributed by atoms with Gasteiger partial charge in [-0.25, -0.2) is 4.79 Å². The zero-order valence-corrected chi connectivity index (χ0v) is 17.6. The van der Waals surface area contributed by atoms with Crippen LogP contribution in [0.5, 0.6) is 0 Å². The highest BCUT2D eigenvalue weighted by molar-refractivity contribution is 5.82. The minimum absolute atomic E-state index is 0.0915. The Morgan fingerprint density at radius 1 is 0.909 bits per heavy atom. The molecule has 0 spiro atoms. The van der Waals surface area contributed by atoms with Crippen molar-refractivity contribution in [3.05, 3.63) is 59.7 Å². The van der Waals surface area contributed by atoms with E-state index in [4.69, 9.17) is 9.47 Å². The number of fused-ring (bicyclic) bond motifs is 3. The number of nitrogens with one attached hydrogen (secondary N) is 2. The summed E-state index contributed by atoms with van der Waals surface area (Å²) in [5, 5.41) is 43.4. The van der Waals surface area contributed by atoms with Gasteiger partial charge in [0.1, 0.15) is 37.6 Å². The van der Waals surface area contributed by atoms with Crippen molar-refractivity contribution in [1.82, 2.24) is 10.6 Å². The van der Waals surface area contributed by atoms with Crippen molar-refractivity contribution in [3.63, 3.8) is 0 Å². The third kappa shape index (κ3) is 4.70. The van der Waals surface area contributed by atoms with Gasteiger partial charge in [0.05, 0.1) is 6.61 Å². The number of carbonyl (C=O) groups is 2. The Labute approximate surface area is 189 Å². The van der Waals surface area contributed by atoms with E-state index >= 15 is 0 Å². The molecule has 176 valence electrons. The number of aliphatic hydroxyl groups excluding tert-OH is 4. The summed E-state index contributed by atoms with van der Waals surface area (Å²) in [6, 6.07) is 15.8. The minimum atomic E-state index is -1.61. The van der Waals surface area contributed by atoms with E-state index in [0.29, 0.717) is 0 Å². The van der Waals surface area contributed by atoms with E-state index < -0.39 is 55.8 Å². The first-order chi connectivity index (χ1) is 15.9. The summed E-state index contributed by atoms with van der Waals surface area (Å²) in [4.78, 5) is 24.3. The highest BCUT2D eigenvalue weighted by Crippen LogP contribution is 2.44. The Balaban J connectivity index is 1.28. The van der Waals surface area contributed by atoms with Gasteiger partial charge < -0.3 is 40.5 Å². The number of alkyl carbamates (subject to hydrolysis) is 1.